The highest BCUT2D eigenvalue weighted by atomic mass is 15.4. The van der Waals surface area contributed by atoms with E-state index in [1.54, 1.807) is 11.6 Å². The maximum Gasteiger partial charge on any atom is 0.229 e. The van der Waals surface area contributed by atoms with Crippen LogP contribution in [0.1, 0.15) is 11.4 Å². The number of hydrogen-bond acceptors (Lipinski definition) is 7. The molecule has 1 aliphatic heterocycles. The zero-order valence-corrected chi connectivity index (χ0v) is 12.5. The highest BCUT2D eigenvalue weighted by Crippen LogP contribution is 2.21. The Labute approximate surface area is 123 Å². The topological polar surface area (TPSA) is 85.4 Å². The van der Waals surface area contributed by atoms with E-state index < -0.39 is 0 Å². The van der Waals surface area contributed by atoms with Crippen molar-refractivity contribution in [3.05, 3.63) is 11.4 Å². The number of anilines is 2. The molecule has 0 aliphatic carbocycles. The van der Waals surface area contributed by atoms with Gasteiger partial charge in [0.1, 0.15) is 17.5 Å². The largest absolute Gasteiger partial charge is 0.370 e. The summed E-state index contributed by atoms with van der Waals surface area (Å²) in [7, 11) is 3.85. The smallest absolute Gasteiger partial charge is 0.229 e. The average Bonchev–Trinajstić information content (AvgIpc) is 2.86. The van der Waals surface area contributed by atoms with Gasteiger partial charge in [-0.05, 0) is 14.0 Å². The lowest BCUT2D eigenvalue weighted by Crippen LogP contribution is -2.45. The van der Waals surface area contributed by atoms with Gasteiger partial charge in [0, 0.05) is 33.2 Å². The number of nitrogens with one attached hydrogen (secondary N) is 1. The number of fused-ring (bicyclic) bond motifs is 1. The molecule has 0 bridgehead atoms. The minimum Gasteiger partial charge on any atom is -0.370 e. The summed E-state index contributed by atoms with van der Waals surface area (Å²) in [6.45, 7) is 5.63. The van der Waals surface area contributed by atoms with Crippen molar-refractivity contribution in [1.82, 2.24) is 24.5 Å². The zero-order valence-electron chi connectivity index (χ0n) is 12.5. The fourth-order valence-corrected chi connectivity index (χ4v) is 2.48. The van der Waals surface area contributed by atoms with Gasteiger partial charge in [0.05, 0.1) is 0 Å². The minimum atomic E-state index is 0.457. The molecule has 1 N–H and O–H groups in total. The zero-order chi connectivity index (χ0) is 15.0. The van der Waals surface area contributed by atoms with Gasteiger partial charge in [-0.3, -0.25) is 0 Å². The van der Waals surface area contributed by atoms with E-state index in [2.05, 4.69) is 43.3 Å². The number of aromatic nitrogens is 4. The van der Waals surface area contributed by atoms with Crippen LogP contribution in [0.3, 0.4) is 0 Å². The van der Waals surface area contributed by atoms with E-state index in [9.17, 15) is 5.26 Å². The average molecular weight is 286 g/mol. The molecule has 1 aliphatic rings. The van der Waals surface area contributed by atoms with Crippen LogP contribution in [-0.2, 0) is 0 Å². The lowest BCUT2D eigenvalue weighted by atomic mass is 10.3. The predicted molar refractivity (Wildman–Crippen MR) is 79.5 cm³/mol. The van der Waals surface area contributed by atoms with Crippen LogP contribution in [-0.4, -0.2) is 64.8 Å². The molecular formula is C13H18N8. The van der Waals surface area contributed by atoms with Crippen molar-refractivity contribution >= 4 is 17.4 Å². The molecule has 1 fully saturated rings. The van der Waals surface area contributed by atoms with Gasteiger partial charge in [-0.15, -0.1) is 5.10 Å². The van der Waals surface area contributed by atoms with Crippen LogP contribution in [0.2, 0.25) is 0 Å². The predicted octanol–water partition coefficient (Wildman–Crippen LogP) is 0.0979. The number of nitriles is 1. The van der Waals surface area contributed by atoms with Gasteiger partial charge in [-0.2, -0.15) is 19.7 Å². The van der Waals surface area contributed by atoms with Crippen molar-refractivity contribution in [3.8, 4) is 6.07 Å². The van der Waals surface area contributed by atoms with E-state index in [4.69, 9.17) is 0 Å². The van der Waals surface area contributed by atoms with Gasteiger partial charge in [0.25, 0.3) is 0 Å². The van der Waals surface area contributed by atoms with E-state index in [0.717, 1.165) is 32.0 Å². The summed E-state index contributed by atoms with van der Waals surface area (Å²) in [6.07, 6.45) is 0. The van der Waals surface area contributed by atoms with Crippen LogP contribution >= 0.6 is 0 Å². The Morgan fingerprint density at radius 3 is 2.52 bits per heavy atom. The summed E-state index contributed by atoms with van der Waals surface area (Å²) in [5.74, 6) is 1.93. The lowest BCUT2D eigenvalue weighted by molar-refractivity contribution is 0.311. The molecule has 2 aromatic heterocycles. The highest BCUT2D eigenvalue weighted by Gasteiger charge is 2.21. The number of hydrogen-bond donors (Lipinski definition) is 1. The number of likely N-dealkylation sites (N-methyl/N-ethyl adjacent to an activating group) is 1. The van der Waals surface area contributed by atoms with Crippen LogP contribution in [0.5, 0.6) is 0 Å². The van der Waals surface area contributed by atoms with Crippen molar-refractivity contribution in [3.63, 3.8) is 0 Å². The molecule has 2 aromatic rings. The maximum absolute atomic E-state index is 9.34. The molecule has 0 radical (unpaired) electrons. The summed E-state index contributed by atoms with van der Waals surface area (Å²) in [6, 6.07) is 2.17. The second kappa shape index (κ2) is 5.18. The Balaban J connectivity index is 2.08. The molecule has 0 spiro atoms. The van der Waals surface area contributed by atoms with Crippen molar-refractivity contribution < 1.29 is 0 Å². The Kier molecular flexibility index (Phi) is 3.35. The first-order valence-corrected chi connectivity index (χ1v) is 6.92. The molecule has 3 heterocycles. The molecular weight excluding hydrogens is 268 g/mol. The van der Waals surface area contributed by atoms with Gasteiger partial charge in [-0.25, -0.2) is 0 Å². The Bertz CT molecular complexity index is 705. The van der Waals surface area contributed by atoms with E-state index in [1.807, 2.05) is 6.92 Å². The van der Waals surface area contributed by atoms with Crippen molar-refractivity contribution in [2.75, 3.05) is 50.5 Å². The number of piperazine rings is 1. The second-order valence-electron chi connectivity index (χ2n) is 5.18. The fraction of sp³-hybridized carbons (Fsp3) is 0.538. The Morgan fingerprint density at radius 2 is 1.90 bits per heavy atom. The first-order chi connectivity index (χ1) is 10.1. The minimum absolute atomic E-state index is 0.457. The van der Waals surface area contributed by atoms with E-state index in [-0.39, 0.29) is 0 Å². The number of rotatable bonds is 2. The maximum atomic E-state index is 9.34. The standard InChI is InChI=1S/C13H18N8/c1-9-16-13(20-6-4-19(3)5-7-20)17-12-10(8-14)11(15-2)18-21(9)12/h4-7H2,1-3H3,(H,15,18). The highest BCUT2D eigenvalue weighted by molar-refractivity contribution is 5.68. The summed E-state index contributed by atoms with van der Waals surface area (Å²) in [5.41, 5.74) is 1.02. The normalized spacial score (nSPS) is 16.2. The third kappa shape index (κ3) is 2.25. The third-order valence-corrected chi connectivity index (χ3v) is 3.77. The van der Waals surface area contributed by atoms with Gasteiger partial charge in [-0.1, -0.05) is 0 Å². The quantitative estimate of drug-likeness (QED) is 0.837. The molecule has 0 atom stereocenters. The van der Waals surface area contributed by atoms with Gasteiger partial charge in [0.15, 0.2) is 11.5 Å². The Hall–Kier alpha value is -2.40. The summed E-state index contributed by atoms with van der Waals surface area (Å²) in [5, 5.41) is 16.6. The molecule has 8 heteroatoms. The van der Waals surface area contributed by atoms with Gasteiger partial charge in [0.2, 0.25) is 5.95 Å². The molecule has 0 unspecified atom stereocenters. The third-order valence-electron chi connectivity index (χ3n) is 3.77. The van der Waals surface area contributed by atoms with E-state index in [0.29, 0.717) is 23.0 Å². The molecule has 21 heavy (non-hydrogen) atoms. The molecule has 8 nitrogen and oxygen atoms in total. The second-order valence-corrected chi connectivity index (χ2v) is 5.18. The first-order valence-electron chi connectivity index (χ1n) is 6.92. The van der Waals surface area contributed by atoms with Crippen LogP contribution < -0.4 is 10.2 Å². The molecule has 0 aromatic carbocycles. The van der Waals surface area contributed by atoms with Crippen molar-refractivity contribution in [2.24, 2.45) is 0 Å². The fourth-order valence-electron chi connectivity index (χ4n) is 2.48. The lowest BCUT2D eigenvalue weighted by Gasteiger charge is -2.32. The molecule has 1 saturated heterocycles. The summed E-state index contributed by atoms with van der Waals surface area (Å²) < 4.78 is 1.62. The van der Waals surface area contributed by atoms with Crippen LogP contribution in [0.15, 0.2) is 0 Å². The molecule has 110 valence electrons. The first kappa shape index (κ1) is 13.6. The Morgan fingerprint density at radius 1 is 1.19 bits per heavy atom. The SMILES string of the molecule is CNc1nn2c(C)nc(N3CCN(C)CC3)nc2c1C#N. The van der Waals surface area contributed by atoms with Crippen molar-refractivity contribution in [2.45, 2.75) is 6.92 Å². The molecule has 0 saturated carbocycles. The van der Waals surface area contributed by atoms with Gasteiger partial charge >= 0.3 is 0 Å². The van der Waals surface area contributed by atoms with Gasteiger partial charge < -0.3 is 15.1 Å². The van der Waals surface area contributed by atoms with Crippen LogP contribution in [0, 0.1) is 18.3 Å². The van der Waals surface area contributed by atoms with E-state index in [1.165, 1.54) is 0 Å². The summed E-state index contributed by atoms with van der Waals surface area (Å²) in [4.78, 5) is 13.5. The number of nitrogens with zero attached hydrogens (tertiary/aromatic N) is 7. The van der Waals surface area contributed by atoms with Crippen LogP contribution in [0.4, 0.5) is 11.8 Å². The number of aryl methyl sites for hydroxylation is 1. The van der Waals surface area contributed by atoms with E-state index >= 15 is 0 Å². The molecule has 0 amide bonds. The van der Waals surface area contributed by atoms with Crippen molar-refractivity contribution in [1.29, 1.82) is 5.26 Å². The van der Waals surface area contributed by atoms with Crippen LogP contribution in [0.25, 0.3) is 5.65 Å². The monoisotopic (exact) mass is 286 g/mol. The molecule has 3 rings (SSSR count). The summed E-state index contributed by atoms with van der Waals surface area (Å²) >= 11 is 0.